The molecular formula is C11H14IN. The molecule has 1 aromatic rings. The Bertz CT molecular complexity index is 266. The van der Waals surface area contributed by atoms with Crippen LogP contribution in [0.3, 0.4) is 0 Å². The fourth-order valence-corrected chi connectivity index (χ4v) is 1.53. The third kappa shape index (κ3) is 3.48. The van der Waals surface area contributed by atoms with Gasteiger partial charge in [0.1, 0.15) is 0 Å². The molecule has 0 radical (unpaired) electrons. The van der Waals surface area contributed by atoms with E-state index in [1.807, 2.05) is 6.08 Å². The Kier molecular flexibility index (Phi) is 4.45. The highest BCUT2D eigenvalue weighted by atomic mass is 127. The minimum absolute atomic E-state index is 0.148. The molecule has 1 unspecified atom stereocenters. The van der Waals surface area contributed by atoms with Crippen molar-refractivity contribution in [3.05, 3.63) is 46.1 Å². The summed E-state index contributed by atoms with van der Waals surface area (Å²) in [4.78, 5) is 0. The molecule has 13 heavy (non-hydrogen) atoms. The van der Waals surface area contributed by atoms with Crippen molar-refractivity contribution in [2.24, 2.45) is 5.73 Å². The van der Waals surface area contributed by atoms with Gasteiger partial charge < -0.3 is 5.73 Å². The molecule has 1 nitrogen and oxygen atoms in total. The zero-order valence-corrected chi connectivity index (χ0v) is 9.70. The summed E-state index contributed by atoms with van der Waals surface area (Å²) >= 11 is 2.29. The summed E-state index contributed by atoms with van der Waals surface area (Å²) in [7, 11) is 0. The van der Waals surface area contributed by atoms with Gasteiger partial charge in [0.15, 0.2) is 0 Å². The van der Waals surface area contributed by atoms with Crippen LogP contribution in [0.25, 0.3) is 0 Å². The van der Waals surface area contributed by atoms with Gasteiger partial charge in [0, 0.05) is 9.61 Å². The molecule has 0 saturated carbocycles. The largest absolute Gasteiger partial charge is 0.324 e. The molecule has 0 heterocycles. The number of allylic oxidation sites excluding steroid dienone is 1. The second-order valence-electron chi connectivity index (χ2n) is 3.02. The molecule has 1 aromatic carbocycles. The molecule has 0 aliphatic rings. The Morgan fingerprint density at radius 3 is 2.54 bits per heavy atom. The van der Waals surface area contributed by atoms with E-state index in [1.54, 1.807) is 0 Å². The SMILES string of the molecule is C=CCCC(N)c1ccc(I)cc1. The average molecular weight is 287 g/mol. The van der Waals surface area contributed by atoms with Crippen molar-refractivity contribution >= 4 is 22.6 Å². The lowest BCUT2D eigenvalue weighted by atomic mass is 10.0. The lowest BCUT2D eigenvalue weighted by Crippen LogP contribution is -2.09. The summed E-state index contributed by atoms with van der Waals surface area (Å²) < 4.78 is 1.25. The number of halogens is 1. The van der Waals surface area contributed by atoms with Crippen LogP contribution in [-0.4, -0.2) is 0 Å². The van der Waals surface area contributed by atoms with Crippen LogP contribution >= 0.6 is 22.6 Å². The van der Waals surface area contributed by atoms with Gasteiger partial charge in [-0.05, 0) is 53.1 Å². The molecule has 0 saturated heterocycles. The van der Waals surface area contributed by atoms with Crippen molar-refractivity contribution in [2.45, 2.75) is 18.9 Å². The van der Waals surface area contributed by atoms with E-state index in [0.29, 0.717) is 0 Å². The molecule has 0 aliphatic heterocycles. The van der Waals surface area contributed by atoms with Crippen LogP contribution < -0.4 is 5.73 Å². The van der Waals surface area contributed by atoms with E-state index < -0.39 is 0 Å². The lowest BCUT2D eigenvalue weighted by Gasteiger charge is -2.10. The topological polar surface area (TPSA) is 26.0 Å². The van der Waals surface area contributed by atoms with Crippen molar-refractivity contribution in [1.29, 1.82) is 0 Å². The minimum Gasteiger partial charge on any atom is -0.324 e. The maximum Gasteiger partial charge on any atom is 0.0297 e. The van der Waals surface area contributed by atoms with E-state index in [-0.39, 0.29) is 6.04 Å². The first-order chi connectivity index (χ1) is 6.24. The molecule has 0 aromatic heterocycles. The van der Waals surface area contributed by atoms with Crippen LogP contribution in [0.5, 0.6) is 0 Å². The zero-order valence-electron chi connectivity index (χ0n) is 7.54. The fourth-order valence-electron chi connectivity index (χ4n) is 1.17. The highest BCUT2D eigenvalue weighted by molar-refractivity contribution is 14.1. The first kappa shape index (κ1) is 10.7. The van der Waals surface area contributed by atoms with Gasteiger partial charge in [0.05, 0.1) is 0 Å². The van der Waals surface area contributed by atoms with Crippen LogP contribution in [0.15, 0.2) is 36.9 Å². The maximum absolute atomic E-state index is 5.98. The Hall–Kier alpha value is -0.350. The summed E-state index contributed by atoms with van der Waals surface area (Å²) in [6.45, 7) is 3.68. The molecule has 70 valence electrons. The zero-order chi connectivity index (χ0) is 9.68. The molecule has 2 heteroatoms. The van der Waals surface area contributed by atoms with Crippen LogP contribution in [0, 0.1) is 3.57 Å². The van der Waals surface area contributed by atoms with E-state index in [1.165, 1.54) is 9.13 Å². The standard InChI is InChI=1S/C11H14IN/c1-2-3-4-11(13)9-5-7-10(12)8-6-9/h2,5-8,11H,1,3-4,13H2. The molecule has 2 N–H and O–H groups in total. The summed E-state index contributed by atoms with van der Waals surface area (Å²) in [5.74, 6) is 0. The summed E-state index contributed by atoms with van der Waals surface area (Å²) in [5, 5.41) is 0. The predicted octanol–water partition coefficient (Wildman–Crippen LogP) is 3.26. The Labute approximate surface area is 93.2 Å². The van der Waals surface area contributed by atoms with Crippen LogP contribution in [0.4, 0.5) is 0 Å². The number of rotatable bonds is 4. The van der Waals surface area contributed by atoms with Gasteiger partial charge in [-0.15, -0.1) is 6.58 Å². The number of nitrogens with two attached hydrogens (primary N) is 1. The molecule has 0 spiro atoms. The molecular weight excluding hydrogens is 273 g/mol. The Morgan fingerprint density at radius 1 is 1.38 bits per heavy atom. The maximum atomic E-state index is 5.98. The smallest absolute Gasteiger partial charge is 0.0297 e. The second-order valence-corrected chi connectivity index (χ2v) is 4.27. The summed E-state index contributed by atoms with van der Waals surface area (Å²) in [6, 6.07) is 8.51. The quantitative estimate of drug-likeness (QED) is 0.667. The summed E-state index contributed by atoms with van der Waals surface area (Å²) in [5.41, 5.74) is 7.19. The van der Waals surface area contributed by atoms with Gasteiger partial charge in [-0.1, -0.05) is 18.2 Å². The van der Waals surface area contributed by atoms with Crippen LogP contribution in [0.1, 0.15) is 24.4 Å². The molecule has 1 atom stereocenters. The Morgan fingerprint density at radius 2 is 2.00 bits per heavy atom. The van der Waals surface area contributed by atoms with Gasteiger partial charge in [0.25, 0.3) is 0 Å². The molecule has 0 amide bonds. The highest BCUT2D eigenvalue weighted by Gasteiger charge is 2.03. The second kappa shape index (κ2) is 5.40. The van der Waals surface area contributed by atoms with E-state index >= 15 is 0 Å². The number of hydrogen-bond acceptors (Lipinski definition) is 1. The Balaban J connectivity index is 2.60. The molecule has 0 fully saturated rings. The highest BCUT2D eigenvalue weighted by Crippen LogP contribution is 2.17. The lowest BCUT2D eigenvalue weighted by molar-refractivity contribution is 0.661. The van der Waals surface area contributed by atoms with Gasteiger partial charge in [0.2, 0.25) is 0 Å². The van der Waals surface area contributed by atoms with Crippen molar-refractivity contribution in [3.8, 4) is 0 Å². The van der Waals surface area contributed by atoms with E-state index in [2.05, 4.69) is 53.4 Å². The van der Waals surface area contributed by atoms with Gasteiger partial charge in [-0.25, -0.2) is 0 Å². The third-order valence-corrected chi connectivity index (χ3v) is 2.70. The summed E-state index contributed by atoms with van der Waals surface area (Å²) in [6.07, 6.45) is 3.86. The number of benzene rings is 1. The van der Waals surface area contributed by atoms with E-state index in [0.717, 1.165) is 12.8 Å². The first-order valence-corrected chi connectivity index (χ1v) is 5.44. The minimum atomic E-state index is 0.148. The van der Waals surface area contributed by atoms with Crippen LogP contribution in [-0.2, 0) is 0 Å². The predicted molar refractivity (Wildman–Crippen MR) is 65.5 cm³/mol. The van der Waals surface area contributed by atoms with Crippen molar-refractivity contribution < 1.29 is 0 Å². The molecule has 0 aliphatic carbocycles. The first-order valence-electron chi connectivity index (χ1n) is 4.36. The van der Waals surface area contributed by atoms with E-state index in [4.69, 9.17) is 5.73 Å². The van der Waals surface area contributed by atoms with Crippen molar-refractivity contribution in [1.82, 2.24) is 0 Å². The van der Waals surface area contributed by atoms with Gasteiger partial charge in [-0.3, -0.25) is 0 Å². The van der Waals surface area contributed by atoms with Gasteiger partial charge in [-0.2, -0.15) is 0 Å². The molecule has 1 rings (SSSR count). The third-order valence-electron chi connectivity index (χ3n) is 1.98. The molecule has 0 bridgehead atoms. The monoisotopic (exact) mass is 287 g/mol. The van der Waals surface area contributed by atoms with Gasteiger partial charge >= 0.3 is 0 Å². The van der Waals surface area contributed by atoms with Crippen molar-refractivity contribution in [2.75, 3.05) is 0 Å². The van der Waals surface area contributed by atoms with Crippen LogP contribution in [0.2, 0.25) is 0 Å². The average Bonchev–Trinajstić information content (AvgIpc) is 2.15. The van der Waals surface area contributed by atoms with E-state index in [9.17, 15) is 0 Å². The normalized spacial score (nSPS) is 12.5. The van der Waals surface area contributed by atoms with Crippen molar-refractivity contribution in [3.63, 3.8) is 0 Å². The fraction of sp³-hybridized carbons (Fsp3) is 0.273. The number of hydrogen-bond donors (Lipinski definition) is 1.